The summed E-state index contributed by atoms with van der Waals surface area (Å²) in [4.78, 5) is 26.8. The van der Waals surface area contributed by atoms with Gasteiger partial charge in [-0.15, -0.1) is 0 Å². The predicted molar refractivity (Wildman–Crippen MR) is 88.7 cm³/mol. The van der Waals surface area contributed by atoms with E-state index < -0.39 is 17.9 Å². The Balaban J connectivity index is 2.46. The maximum Gasteiger partial charge on any atom is 0.325 e. The Hall–Kier alpha value is -2.54. The van der Waals surface area contributed by atoms with Crippen LogP contribution in [-0.2, 0) is 4.79 Å². The van der Waals surface area contributed by atoms with Crippen LogP contribution in [0.4, 0.5) is 0 Å². The zero-order chi connectivity index (χ0) is 18.0. The van der Waals surface area contributed by atoms with Crippen LogP contribution in [-0.4, -0.2) is 39.2 Å². The van der Waals surface area contributed by atoms with E-state index in [2.05, 4.69) is 10.3 Å². The SMILES string of the molecule is CC(C)Oc1ccc2c(O)c(C(=O)N[C@@H](C)C(=O)O)nc(Cl)c2c1. The third-order valence-electron chi connectivity index (χ3n) is 3.21. The summed E-state index contributed by atoms with van der Waals surface area (Å²) in [5, 5.41) is 22.1. The molecule has 1 heterocycles. The molecular formula is C16H17ClN2O5. The molecular weight excluding hydrogens is 336 g/mol. The molecule has 128 valence electrons. The van der Waals surface area contributed by atoms with Gasteiger partial charge < -0.3 is 20.3 Å². The van der Waals surface area contributed by atoms with E-state index >= 15 is 0 Å². The summed E-state index contributed by atoms with van der Waals surface area (Å²) in [6.45, 7) is 5.05. The number of nitrogens with zero attached hydrogens (tertiary/aromatic N) is 1. The van der Waals surface area contributed by atoms with Crippen LogP contribution >= 0.6 is 11.6 Å². The first-order valence-electron chi connectivity index (χ1n) is 7.23. The second-order valence-electron chi connectivity index (χ2n) is 5.51. The number of carboxylic acids is 1. The van der Waals surface area contributed by atoms with Crippen LogP contribution in [0.25, 0.3) is 10.8 Å². The normalized spacial score (nSPS) is 12.2. The van der Waals surface area contributed by atoms with E-state index in [1.807, 2.05) is 13.8 Å². The van der Waals surface area contributed by atoms with Gasteiger partial charge in [0.1, 0.15) is 16.9 Å². The van der Waals surface area contributed by atoms with Gasteiger partial charge in [-0.3, -0.25) is 9.59 Å². The Morgan fingerprint density at radius 2 is 1.92 bits per heavy atom. The fourth-order valence-electron chi connectivity index (χ4n) is 2.07. The lowest BCUT2D eigenvalue weighted by Crippen LogP contribution is -2.38. The minimum absolute atomic E-state index is 0.00475. The van der Waals surface area contributed by atoms with Crippen molar-refractivity contribution in [1.82, 2.24) is 10.3 Å². The first-order chi connectivity index (χ1) is 11.2. The van der Waals surface area contributed by atoms with Crippen LogP contribution in [0.3, 0.4) is 0 Å². The summed E-state index contributed by atoms with van der Waals surface area (Å²) >= 11 is 6.11. The molecule has 2 rings (SSSR count). The number of aliphatic carboxylic acids is 1. The van der Waals surface area contributed by atoms with Crippen LogP contribution in [0, 0.1) is 0 Å². The Morgan fingerprint density at radius 3 is 2.50 bits per heavy atom. The zero-order valence-corrected chi connectivity index (χ0v) is 14.1. The van der Waals surface area contributed by atoms with E-state index in [0.29, 0.717) is 16.5 Å². The molecule has 3 N–H and O–H groups in total. The molecule has 0 fully saturated rings. The number of amides is 1. The van der Waals surface area contributed by atoms with Gasteiger partial charge in [0.25, 0.3) is 5.91 Å². The van der Waals surface area contributed by atoms with Crippen molar-refractivity contribution in [3.05, 3.63) is 29.0 Å². The van der Waals surface area contributed by atoms with Gasteiger partial charge in [-0.2, -0.15) is 0 Å². The number of fused-ring (bicyclic) bond motifs is 1. The van der Waals surface area contributed by atoms with Gasteiger partial charge >= 0.3 is 5.97 Å². The monoisotopic (exact) mass is 352 g/mol. The number of nitrogens with one attached hydrogen (secondary N) is 1. The summed E-state index contributed by atoms with van der Waals surface area (Å²) < 4.78 is 5.56. The third kappa shape index (κ3) is 3.68. The number of carbonyl (C=O) groups excluding carboxylic acids is 1. The van der Waals surface area contributed by atoms with Crippen molar-refractivity contribution >= 4 is 34.2 Å². The molecule has 2 aromatic rings. The maximum atomic E-state index is 12.1. The lowest BCUT2D eigenvalue weighted by molar-refractivity contribution is -0.138. The molecule has 1 amide bonds. The Morgan fingerprint density at radius 1 is 1.25 bits per heavy atom. The van der Waals surface area contributed by atoms with Crippen LogP contribution in [0.2, 0.25) is 5.15 Å². The first-order valence-corrected chi connectivity index (χ1v) is 7.61. The topological polar surface area (TPSA) is 109 Å². The average molecular weight is 353 g/mol. The van der Waals surface area contributed by atoms with Crippen molar-refractivity contribution in [3.8, 4) is 11.5 Å². The predicted octanol–water partition coefficient (Wildman–Crippen LogP) is 2.58. The highest BCUT2D eigenvalue weighted by atomic mass is 35.5. The van der Waals surface area contributed by atoms with Crippen molar-refractivity contribution in [3.63, 3.8) is 0 Å². The third-order valence-corrected chi connectivity index (χ3v) is 3.50. The lowest BCUT2D eigenvalue weighted by Gasteiger charge is -2.14. The molecule has 0 bridgehead atoms. The fraction of sp³-hybridized carbons (Fsp3) is 0.312. The van der Waals surface area contributed by atoms with E-state index in [4.69, 9.17) is 21.4 Å². The van der Waals surface area contributed by atoms with Gasteiger partial charge in [0, 0.05) is 10.8 Å². The molecule has 1 atom stereocenters. The first kappa shape index (κ1) is 17.8. The van der Waals surface area contributed by atoms with Gasteiger partial charge in [-0.1, -0.05) is 11.6 Å². The second kappa shape index (κ2) is 6.92. The van der Waals surface area contributed by atoms with Crippen LogP contribution in [0.1, 0.15) is 31.3 Å². The number of aromatic nitrogens is 1. The quantitative estimate of drug-likeness (QED) is 0.714. The van der Waals surface area contributed by atoms with Crippen molar-refractivity contribution in [2.75, 3.05) is 0 Å². The van der Waals surface area contributed by atoms with Crippen molar-refractivity contribution in [2.24, 2.45) is 0 Å². The number of rotatable bonds is 5. The molecule has 8 heteroatoms. The van der Waals surface area contributed by atoms with E-state index in [0.717, 1.165) is 0 Å². The molecule has 0 unspecified atom stereocenters. The highest BCUT2D eigenvalue weighted by Gasteiger charge is 2.22. The Kier molecular flexibility index (Phi) is 5.14. The zero-order valence-electron chi connectivity index (χ0n) is 13.3. The van der Waals surface area contributed by atoms with Gasteiger partial charge in [-0.05, 0) is 39.0 Å². The van der Waals surface area contributed by atoms with E-state index in [1.165, 1.54) is 6.92 Å². The number of halogens is 1. The number of aromatic hydroxyl groups is 1. The van der Waals surface area contributed by atoms with Crippen LogP contribution in [0.15, 0.2) is 18.2 Å². The molecule has 0 spiro atoms. The van der Waals surface area contributed by atoms with Crippen molar-refractivity contribution < 1.29 is 24.5 Å². The summed E-state index contributed by atoms with van der Waals surface area (Å²) in [5.41, 5.74) is -0.335. The van der Waals surface area contributed by atoms with E-state index in [9.17, 15) is 14.7 Å². The van der Waals surface area contributed by atoms with E-state index in [1.54, 1.807) is 18.2 Å². The summed E-state index contributed by atoms with van der Waals surface area (Å²) in [7, 11) is 0. The maximum absolute atomic E-state index is 12.1. The molecule has 0 aliphatic carbocycles. The fourth-order valence-corrected chi connectivity index (χ4v) is 2.31. The molecule has 0 saturated heterocycles. The standard InChI is InChI=1S/C16H17ClN2O5/c1-7(2)24-9-4-5-10-11(6-9)14(17)19-12(13(10)20)15(21)18-8(3)16(22)23/h4-8,20H,1-3H3,(H,18,21)(H,22,23)/t8-/m0/s1. The molecule has 1 aromatic carbocycles. The number of carbonyl (C=O) groups is 2. The molecule has 24 heavy (non-hydrogen) atoms. The highest BCUT2D eigenvalue weighted by molar-refractivity contribution is 6.35. The summed E-state index contributed by atoms with van der Waals surface area (Å²) in [6, 6.07) is 3.69. The van der Waals surface area contributed by atoms with E-state index in [-0.39, 0.29) is 22.7 Å². The molecule has 7 nitrogen and oxygen atoms in total. The molecule has 0 aliphatic heterocycles. The van der Waals surface area contributed by atoms with Gasteiger partial charge in [0.15, 0.2) is 11.4 Å². The number of benzene rings is 1. The summed E-state index contributed by atoms with van der Waals surface area (Å²) in [5.74, 6) is -1.85. The molecule has 0 saturated carbocycles. The van der Waals surface area contributed by atoms with Crippen LogP contribution < -0.4 is 10.1 Å². The number of carboxylic acid groups (broad SMARTS) is 1. The number of ether oxygens (including phenoxy) is 1. The minimum atomic E-state index is -1.20. The molecule has 0 aliphatic rings. The van der Waals surface area contributed by atoms with Crippen molar-refractivity contribution in [2.45, 2.75) is 32.9 Å². The van der Waals surface area contributed by atoms with Gasteiger partial charge in [0.05, 0.1) is 6.10 Å². The number of hydrogen-bond acceptors (Lipinski definition) is 5. The van der Waals surface area contributed by atoms with Gasteiger partial charge in [-0.25, -0.2) is 4.98 Å². The second-order valence-corrected chi connectivity index (χ2v) is 5.87. The molecule has 1 aromatic heterocycles. The van der Waals surface area contributed by atoms with Gasteiger partial charge in [0.2, 0.25) is 0 Å². The Bertz CT molecular complexity index is 807. The lowest BCUT2D eigenvalue weighted by atomic mass is 10.1. The minimum Gasteiger partial charge on any atom is -0.505 e. The largest absolute Gasteiger partial charge is 0.505 e. The number of hydrogen-bond donors (Lipinski definition) is 3. The smallest absolute Gasteiger partial charge is 0.325 e. The van der Waals surface area contributed by atoms with Crippen LogP contribution in [0.5, 0.6) is 11.5 Å². The summed E-state index contributed by atoms with van der Waals surface area (Å²) in [6.07, 6.45) is -0.0367. The Labute approximate surface area is 143 Å². The number of pyridine rings is 1. The van der Waals surface area contributed by atoms with Crippen molar-refractivity contribution in [1.29, 1.82) is 0 Å². The molecule has 0 radical (unpaired) electrons. The highest BCUT2D eigenvalue weighted by Crippen LogP contribution is 2.34. The average Bonchev–Trinajstić information content (AvgIpc) is 2.49.